The van der Waals surface area contributed by atoms with Gasteiger partial charge in [0.05, 0.1) is 18.6 Å². The maximum Gasteiger partial charge on any atom is 0.251 e. The van der Waals surface area contributed by atoms with Crippen molar-refractivity contribution in [2.45, 2.75) is 20.4 Å². The van der Waals surface area contributed by atoms with E-state index in [1.807, 2.05) is 31.2 Å². The van der Waals surface area contributed by atoms with Gasteiger partial charge in [-0.25, -0.2) is 8.42 Å². The second kappa shape index (κ2) is 8.02. The van der Waals surface area contributed by atoms with Crippen molar-refractivity contribution >= 4 is 21.6 Å². The van der Waals surface area contributed by atoms with Crippen molar-refractivity contribution in [3.63, 3.8) is 0 Å². The summed E-state index contributed by atoms with van der Waals surface area (Å²) in [5.41, 5.74) is 2.48. The minimum atomic E-state index is -3.40. The molecule has 2 rings (SSSR count). The van der Waals surface area contributed by atoms with E-state index < -0.39 is 10.0 Å². The standard InChI is InChI=1S/C18H22N2O4S/c1-4-24-16-9-6-14(7-10-16)12-19-18(21)15-8-5-13(2)17(11-15)20-25(3,22)23/h5-11,20H,4,12H2,1-3H3,(H,19,21). The van der Waals surface area contributed by atoms with E-state index in [9.17, 15) is 13.2 Å². The summed E-state index contributed by atoms with van der Waals surface area (Å²) in [6, 6.07) is 12.4. The summed E-state index contributed by atoms with van der Waals surface area (Å²) >= 11 is 0. The summed E-state index contributed by atoms with van der Waals surface area (Å²) in [6.45, 7) is 4.67. The number of carbonyl (C=O) groups excluding carboxylic acids is 1. The van der Waals surface area contributed by atoms with Gasteiger partial charge >= 0.3 is 0 Å². The number of hydrogen-bond acceptors (Lipinski definition) is 4. The van der Waals surface area contributed by atoms with Gasteiger partial charge in [0.15, 0.2) is 0 Å². The molecule has 0 saturated carbocycles. The summed E-state index contributed by atoms with van der Waals surface area (Å²) in [6.07, 6.45) is 1.07. The molecule has 6 nitrogen and oxygen atoms in total. The lowest BCUT2D eigenvalue weighted by molar-refractivity contribution is 0.0951. The highest BCUT2D eigenvalue weighted by Gasteiger charge is 2.10. The first kappa shape index (κ1) is 18.8. The average molecular weight is 362 g/mol. The highest BCUT2D eigenvalue weighted by atomic mass is 32.2. The van der Waals surface area contributed by atoms with Gasteiger partial charge in [-0.1, -0.05) is 18.2 Å². The van der Waals surface area contributed by atoms with Crippen LogP contribution in [0.4, 0.5) is 5.69 Å². The molecule has 0 atom stereocenters. The van der Waals surface area contributed by atoms with Crippen LogP contribution in [0.3, 0.4) is 0 Å². The number of benzene rings is 2. The van der Waals surface area contributed by atoms with Gasteiger partial charge in [0.1, 0.15) is 5.75 Å². The van der Waals surface area contributed by atoms with Gasteiger partial charge in [0, 0.05) is 12.1 Å². The van der Waals surface area contributed by atoms with E-state index in [-0.39, 0.29) is 5.91 Å². The first-order chi connectivity index (χ1) is 11.8. The Morgan fingerprint density at radius 2 is 1.80 bits per heavy atom. The first-order valence-electron chi connectivity index (χ1n) is 7.87. The number of anilines is 1. The van der Waals surface area contributed by atoms with E-state index >= 15 is 0 Å². The fourth-order valence-electron chi connectivity index (χ4n) is 2.23. The molecule has 2 N–H and O–H groups in total. The fourth-order valence-corrected chi connectivity index (χ4v) is 2.85. The number of sulfonamides is 1. The Morgan fingerprint density at radius 1 is 1.12 bits per heavy atom. The smallest absolute Gasteiger partial charge is 0.251 e. The van der Waals surface area contributed by atoms with Crippen LogP contribution < -0.4 is 14.8 Å². The average Bonchev–Trinajstić information content (AvgIpc) is 2.55. The second-order valence-electron chi connectivity index (χ2n) is 5.66. The zero-order valence-corrected chi connectivity index (χ0v) is 15.3. The second-order valence-corrected chi connectivity index (χ2v) is 7.41. The molecule has 0 radical (unpaired) electrons. The zero-order chi connectivity index (χ0) is 18.4. The van der Waals surface area contributed by atoms with Crippen LogP contribution in [0.1, 0.15) is 28.4 Å². The van der Waals surface area contributed by atoms with Gasteiger partial charge in [-0.15, -0.1) is 0 Å². The SMILES string of the molecule is CCOc1ccc(CNC(=O)c2ccc(C)c(NS(C)(=O)=O)c2)cc1. The molecule has 1 amide bonds. The van der Waals surface area contributed by atoms with E-state index in [1.165, 1.54) is 6.07 Å². The molecular formula is C18H22N2O4S. The number of carbonyl (C=O) groups is 1. The van der Waals surface area contributed by atoms with E-state index in [2.05, 4.69) is 10.0 Å². The minimum Gasteiger partial charge on any atom is -0.494 e. The molecule has 7 heteroatoms. The maximum atomic E-state index is 12.3. The molecular weight excluding hydrogens is 340 g/mol. The third kappa shape index (κ3) is 5.79. The van der Waals surface area contributed by atoms with E-state index in [0.29, 0.717) is 24.4 Å². The molecule has 2 aromatic rings. The number of ether oxygens (including phenoxy) is 1. The van der Waals surface area contributed by atoms with Crippen molar-refractivity contribution < 1.29 is 17.9 Å². The largest absolute Gasteiger partial charge is 0.494 e. The molecule has 0 saturated heterocycles. The molecule has 25 heavy (non-hydrogen) atoms. The lowest BCUT2D eigenvalue weighted by Crippen LogP contribution is -2.23. The number of hydrogen-bond donors (Lipinski definition) is 2. The maximum absolute atomic E-state index is 12.3. The minimum absolute atomic E-state index is 0.273. The van der Waals surface area contributed by atoms with Gasteiger partial charge in [-0.3, -0.25) is 9.52 Å². The molecule has 0 aliphatic carbocycles. The van der Waals surface area contributed by atoms with Crippen molar-refractivity contribution in [1.29, 1.82) is 0 Å². The Kier molecular flexibility index (Phi) is 6.03. The topological polar surface area (TPSA) is 84.5 Å². The highest BCUT2D eigenvalue weighted by Crippen LogP contribution is 2.18. The van der Waals surface area contributed by atoms with Crippen molar-refractivity contribution in [2.24, 2.45) is 0 Å². The van der Waals surface area contributed by atoms with Crippen LogP contribution in [0, 0.1) is 6.92 Å². The Balaban J connectivity index is 2.04. The van der Waals surface area contributed by atoms with Crippen LogP contribution in [-0.2, 0) is 16.6 Å². The number of nitrogens with one attached hydrogen (secondary N) is 2. The van der Waals surface area contributed by atoms with Crippen molar-refractivity contribution in [1.82, 2.24) is 5.32 Å². The highest BCUT2D eigenvalue weighted by molar-refractivity contribution is 7.92. The van der Waals surface area contributed by atoms with Crippen LogP contribution in [0.5, 0.6) is 5.75 Å². The fraction of sp³-hybridized carbons (Fsp3) is 0.278. The molecule has 0 heterocycles. The van der Waals surface area contributed by atoms with Gasteiger partial charge in [0.25, 0.3) is 5.91 Å². The van der Waals surface area contributed by atoms with Crippen LogP contribution >= 0.6 is 0 Å². The lowest BCUT2D eigenvalue weighted by atomic mass is 10.1. The predicted octanol–water partition coefficient (Wildman–Crippen LogP) is 2.70. The molecule has 0 bridgehead atoms. The number of rotatable bonds is 7. The zero-order valence-electron chi connectivity index (χ0n) is 14.5. The summed E-state index contributed by atoms with van der Waals surface area (Å²) in [5, 5.41) is 2.82. The molecule has 134 valence electrons. The van der Waals surface area contributed by atoms with E-state index in [0.717, 1.165) is 23.1 Å². The van der Waals surface area contributed by atoms with Crippen LogP contribution in [0.2, 0.25) is 0 Å². The number of amides is 1. The first-order valence-corrected chi connectivity index (χ1v) is 9.76. The van der Waals surface area contributed by atoms with Crippen molar-refractivity contribution in [3.8, 4) is 5.75 Å². The van der Waals surface area contributed by atoms with Gasteiger partial charge < -0.3 is 10.1 Å². The number of aryl methyl sites for hydroxylation is 1. The Morgan fingerprint density at radius 3 is 2.40 bits per heavy atom. The molecule has 0 aliphatic heterocycles. The van der Waals surface area contributed by atoms with Gasteiger partial charge in [-0.05, 0) is 49.2 Å². The summed E-state index contributed by atoms with van der Waals surface area (Å²) < 4.78 is 30.6. The Bertz CT molecular complexity index is 846. The Labute approximate surface area is 148 Å². The normalized spacial score (nSPS) is 11.0. The van der Waals surface area contributed by atoms with E-state index in [1.54, 1.807) is 19.1 Å². The lowest BCUT2D eigenvalue weighted by Gasteiger charge is -2.11. The summed E-state index contributed by atoms with van der Waals surface area (Å²) in [5.74, 6) is 0.512. The third-order valence-corrected chi connectivity index (χ3v) is 4.07. The van der Waals surface area contributed by atoms with Gasteiger partial charge in [-0.2, -0.15) is 0 Å². The molecule has 0 fully saturated rings. The van der Waals surface area contributed by atoms with Crippen molar-refractivity contribution in [3.05, 3.63) is 59.2 Å². The van der Waals surface area contributed by atoms with Crippen LogP contribution in [0.25, 0.3) is 0 Å². The van der Waals surface area contributed by atoms with Crippen LogP contribution in [-0.4, -0.2) is 27.2 Å². The van der Waals surface area contributed by atoms with Crippen LogP contribution in [0.15, 0.2) is 42.5 Å². The Hall–Kier alpha value is -2.54. The molecule has 0 spiro atoms. The molecule has 2 aromatic carbocycles. The molecule has 0 unspecified atom stereocenters. The monoisotopic (exact) mass is 362 g/mol. The van der Waals surface area contributed by atoms with E-state index in [4.69, 9.17) is 4.74 Å². The third-order valence-electron chi connectivity index (χ3n) is 3.48. The van der Waals surface area contributed by atoms with Gasteiger partial charge in [0.2, 0.25) is 10.0 Å². The molecule has 0 aliphatic rings. The quantitative estimate of drug-likeness (QED) is 0.793. The molecule has 0 aromatic heterocycles. The predicted molar refractivity (Wildman–Crippen MR) is 98.4 cm³/mol. The summed E-state index contributed by atoms with van der Waals surface area (Å²) in [7, 11) is -3.40. The van der Waals surface area contributed by atoms with Crippen molar-refractivity contribution in [2.75, 3.05) is 17.6 Å². The summed E-state index contributed by atoms with van der Waals surface area (Å²) in [4.78, 5) is 12.3.